The summed E-state index contributed by atoms with van der Waals surface area (Å²) >= 11 is 5.36. The highest BCUT2D eigenvalue weighted by Gasteiger charge is 2.21. The zero-order chi connectivity index (χ0) is 15.1. The Morgan fingerprint density at radius 1 is 1.24 bits per heavy atom. The molecule has 1 fully saturated rings. The Balaban J connectivity index is 1.61. The van der Waals surface area contributed by atoms with Crippen molar-refractivity contribution in [3.05, 3.63) is 29.8 Å². The fourth-order valence-electron chi connectivity index (χ4n) is 2.72. The third-order valence-electron chi connectivity index (χ3n) is 4.11. The second-order valence-corrected chi connectivity index (χ2v) is 6.34. The maximum atomic E-state index is 5.67. The van der Waals surface area contributed by atoms with E-state index in [1.165, 1.54) is 31.2 Å². The van der Waals surface area contributed by atoms with Gasteiger partial charge in [0.15, 0.2) is 5.11 Å². The first-order valence-electron chi connectivity index (χ1n) is 7.89. The van der Waals surface area contributed by atoms with Gasteiger partial charge in [-0.1, -0.05) is 37.5 Å². The SMILES string of the molecule is Cc1ccc(OCCNC(=S)N[C@@H]2CCCC[C@@H]2C)cc1. The minimum atomic E-state index is 0.525. The number of thiocarbonyl (C=S) groups is 1. The maximum Gasteiger partial charge on any atom is 0.166 e. The first kappa shape index (κ1) is 16.1. The summed E-state index contributed by atoms with van der Waals surface area (Å²) in [5.74, 6) is 1.62. The second-order valence-electron chi connectivity index (χ2n) is 5.93. The highest BCUT2D eigenvalue weighted by Crippen LogP contribution is 2.23. The monoisotopic (exact) mass is 306 g/mol. The van der Waals surface area contributed by atoms with Gasteiger partial charge in [0.1, 0.15) is 12.4 Å². The van der Waals surface area contributed by atoms with Gasteiger partial charge in [-0.3, -0.25) is 0 Å². The molecule has 0 heterocycles. The van der Waals surface area contributed by atoms with Crippen molar-refractivity contribution in [1.29, 1.82) is 0 Å². The van der Waals surface area contributed by atoms with Gasteiger partial charge in [0, 0.05) is 6.04 Å². The van der Waals surface area contributed by atoms with Crippen LogP contribution in [0.5, 0.6) is 5.75 Å². The summed E-state index contributed by atoms with van der Waals surface area (Å²) in [4.78, 5) is 0. The molecule has 0 aliphatic heterocycles. The Kier molecular flexibility index (Phi) is 6.30. The summed E-state index contributed by atoms with van der Waals surface area (Å²) in [6.07, 6.45) is 5.19. The molecule has 116 valence electrons. The molecule has 1 aromatic rings. The van der Waals surface area contributed by atoms with Crippen LogP contribution >= 0.6 is 12.2 Å². The van der Waals surface area contributed by atoms with Crippen molar-refractivity contribution in [2.75, 3.05) is 13.2 Å². The van der Waals surface area contributed by atoms with Crippen LogP contribution in [0.4, 0.5) is 0 Å². The van der Waals surface area contributed by atoms with Crippen LogP contribution in [0.15, 0.2) is 24.3 Å². The quantitative estimate of drug-likeness (QED) is 0.645. The Morgan fingerprint density at radius 2 is 1.95 bits per heavy atom. The molecule has 2 rings (SSSR count). The molecule has 4 heteroatoms. The summed E-state index contributed by atoms with van der Waals surface area (Å²) in [7, 11) is 0. The molecular weight excluding hydrogens is 280 g/mol. The second kappa shape index (κ2) is 8.23. The predicted octanol–water partition coefficient (Wildman–Crippen LogP) is 3.42. The van der Waals surface area contributed by atoms with Crippen LogP contribution < -0.4 is 15.4 Å². The molecule has 1 aromatic carbocycles. The van der Waals surface area contributed by atoms with Crippen molar-refractivity contribution in [3.8, 4) is 5.75 Å². The van der Waals surface area contributed by atoms with Crippen molar-refractivity contribution >= 4 is 17.3 Å². The number of ether oxygens (including phenoxy) is 1. The van der Waals surface area contributed by atoms with Crippen molar-refractivity contribution in [1.82, 2.24) is 10.6 Å². The minimum absolute atomic E-state index is 0.525. The zero-order valence-corrected chi connectivity index (χ0v) is 13.8. The van der Waals surface area contributed by atoms with Crippen molar-refractivity contribution in [2.45, 2.75) is 45.6 Å². The third-order valence-corrected chi connectivity index (χ3v) is 4.37. The number of aryl methyl sites for hydroxylation is 1. The van der Waals surface area contributed by atoms with E-state index in [2.05, 4.69) is 36.6 Å². The zero-order valence-electron chi connectivity index (χ0n) is 13.0. The van der Waals surface area contributed by atoms with Gasteiger partial charge in [0.2, 0.25) is 0 Å². The van der Waals surface area contributed by atoms with Crippen molar-refractivity contribution in [3.63, 3.8) is 0 Å². The average Bonchev–Trinajstić information content (AvgIpc) is 2.48. The van der Waals surface area contributed by atoms with Crippen molar-refractivity contribution in [2.24, 2.45) is 5.92 Å². The summed E-state index contributed by atoms with van der Waals surface area (Å²) in [5.41, 5.74) is 1.24. The van der Waals surface area contributed by atoms with E-state index in [1.54, 1.807) is 0 Å². The van der Waals surface area contributed by atoms with E-state index in [1.807, 2.05) is 12.1 Å². The predicted molar refractivity (Wildman–Crippen MR) is 91.8 cm³/mol. The first-order valence-corrected chi connectivity index (χ1v) is 8.30. The molecule has 0 radical (unpaired) electrons. The van der Waals surface area contributed by atoms with Gasteiger partial charge in [-0.2, -0.15) is 0 Å². The van der Waals surface area contributed by atoms with Gasteiger partial charge in [-0.15, -0.1) is 0 Å². The molecule has 1 saturated carbocycles. The molecule has 0 saturated heterocycles. The van der Waals surface area contributed by atoms with Gasteiger partial charge < -0.3 is 15.4 Å². The molecule has 0 bridgehead atoms. The summed E-state index contributed by atoms with van der Waals surface area (Å²) in [5, 5.41) is 7.42. The molecule has 3 nitrogen and oxygen atoms in total. The molecule has 0 unspecified atom stereocenters. The number of benzene rings is 1. The molecular formula is C17H26N2OS. The fourth-order valence-corrected chi connectivity index (χ4v) is 2.97. The summed E-state index contributed by atoms with van der Waals surface area (Å²) in [6, 6.07) is 8.63. The molecule has 1 aliphatic rings. The average molecular weight is 306 g/mol. The van der Waals surface area contributed by atoms with Gasteiger partial charge in [-0.25, -0.2) is 0 Å². The number of nitrogens with one attached hydrogen (secondary N) is 2. The Bertz CT molecular complexity index is 447. The van der Waals surface area contributed by atoms with Crippen LogP contribution in [0.2, 0.25) is 0 Å². The lowest BCUT2D eigenvalue weighted by molar-refractivity contribution is 0.304. The molecule has 2 N–H and O–H groups in total. The number of hydrogen-bond acceptors (Lipinski definition) is 2. The molecule has 2 atom stereocenters. The minimum Gasteiger partial charge on any atom is -0.492 e. The van der Waals surface area contributed by atoms with E-state index in [-0.39, 0.29) is 0 Å². The van der Waals surface area contributed by atoms with Crippen LogP contribution in [-0.2, 0) is 0 Å². The first-order chi connectivity index (χ1) is 10.1. The van der Waals surface area contributed by atoms with Crippen molar-refractivity contribution < 1.29 is 4.74 Å². The lowest BCUT2D eigenvalue weighted by Gasteiger charge is -2.30. The molecule has 0 spiro atoms. The Hall–Kier alpha value is -1.29. The van der Waals surface area contributed by atoms with Gasteiger partial charge in [0.05, 0.1) is 6.54 Å². The normalized spacial score (nSPS) is 21.6. The van der Waals surface area contributed by atoms with Crippen LogP contribution in [-0.4, -0.2) is 24.3 Å². The van der Waals surface area contributed by atoms with E-state index in [0.29, 0.717) is 18.6 Å². The third kappa shape index (κ3) is 5.54. The van der Waals surface area contributed by atoms with Gasteiger partial charge >= 0.3 is 0 Å². The Labute approximate surface area is 133 Å². The highest BCUT2D eigenvalue weighted by molar-refractivity contribution is 7.80. The van der Waals surface area contributed by atoms with E-state index >= 15 is 0 Å². The van der Waals surface area contributed by atoms with Gasteiger partial charge in [-0.05, 0) is 50.0 Å². The largest absolute Gasteiger partial charge is 0.492 e. The number of rotatable bonds is 5. The smallest absolute Gasteiger partial charge is 0.166 e. The van der Waals surface area contributed by atoms with E-state index in [0.717, 1.165) is 17.4 Å². The number of hydrogen-bond donors (Lipinski definition) is 2. The summed E-state index contributed by atoms with van der Waals surface area (Å²) < 4.78 is 5.67. The molecule has 0 amide bonds. The van der Waals surface area contributed by atoms with Crippen LogP contribution in [0.1, 0.15) is 38.2 Å². The van der Waals surface area contributed by atoms with E-state index < -0.39 is 0 Å². The lowest BCUT2D eigenvalue weighted by Crippen LogP contribution is -2.46. The summed E-state index contributed by atoms with van der Waals surface area (Å²) in [6.45, 7) is 5.72. The molecule has 0 aromatic heterocycles. The fraction of sp³-hybridized carbons (Fsp3) is 0.588. The Morgan fingerprint density at radius 3 is 2.67 bits per heavy atom. The maximum absolute atomic E-state index is 5.67. The van der Waals surface area contributed by atoms with Crippen LogP contribution in [0, 0.1) is 12.8 Å². The highest BCUT2D eigenvalue weighted by atomic mass is 32.1. The molecule has 1 aliphatic carbocycles. The van der Waals surface area contributed by atoms with Crippen LogP contribution in [0.25, 0.3) is 0 Å². The van der Waals surface area contributed by atoms with Gasteiger partial charge in [0.25, 0.3) is 0 Å². The topological polar surface area (TPSA) is 33.3 Å². The lowest BCUT2D eigenvalue weighted by atomic mass is 9.86. The standard InChI is InChI=1S/C17H26N2OS/c1-13-7-9-15(10-8-13)20-12-11-18-17(21)19-16-6-4-3-5-14(16)2/h7-10,14,16H,3-6,11-12H2,1-2H3,(H2,18,19,21)/t14-,16+/m0/s1. The van der Waals surface area contributed by atoms with E-state index in [4.69, 9.17) is 17.0 Å². The van der Waals surface area contributed by atoms with Crippen LogP contribution in [0.3, 0.4) is 0 Å². The van der Waals surface area contributed by atoms with E-state index in [9.17, 15) is 0 Å². The molecule has 21 heavy (non-hydrogen) atoms.